The molecule has 0 atom stereocenters. The van der Waals surface area contributed by atoms with Crippen LogP contribution in [0.5, 0.6) is 0 Å². The van der Waals surface area contributed by atoms with Crippen molar-refractivity contribution in [2.24, 2.45) is 0 Å². The van der Waals surface area contributed by atoms with E-state index in [0.29, 0.717) is 11.3 Å². The van der Waals surface area contributed by atoms with Gasteiger partial charge in [-0.2, -0.15) is 0 Å². The van der Waals surface area contributed by atoms with Crippen LogP contribution in [-0.2, 0) is 4.79 Å². The lowest BCUT2D eigenvalue weighted by Gasteiger charge is -2.04. The molecule has 1 N–H and O–H groups in total. The summed E-state index contributed by atoms with van der Waals surface area (Å²) in [6, 6.07) is 9.00. The minimum absolute atomic E-state index is 0.0657. The number of nitrogens with zero attached hydrogens (tertiary/aromatic N) is 3. The maximum atomic E-state index is 12.9. The van der Waals surface area contributed by atoms with Gasteiger partial charge in [-0.3, -0.25) is 4.79 Å². The van der Waals surface area contributed by atoms with Crippen LogP contribution in [0.2, 0.25) is 5.15 Å². The number of halogens is 2. The number of carbonyl (C=O) groups excluding carboxylic acids is 1. The van der Waals surface area contributed by atoms with E-state index in [-0.39, 0.29) is 33.7 Å². The standard InChI is InChI=1S/C15H10ClFN4O2S/c16-13-11(2-1-7-18-13)19-12(22)8-24-15-21-20-14(23-15)9-3-5-10(17)6-4-9/h1-7H,8H2,(H,19,22). The summed E-state index contributed by atoms with van der Waals surface area (Å²) < 4.78 is 18.3. The number of nitrogens with one attached hydrogen (secondary N) is 1. The molecule has 122 valence electrons. The second-order valence-electron chi connectivity index (χ2n) is 4.56. The molecule has 3 rings (SSSR count). The fourth-order valence-electron chi connectivity index (χ4n) is 1.77. The van der Waals surface area contributed by atoms with Crippen LogP contribution in [0.4, 0.5) is 10.1 Å². The van der Waals surface area contributed by atoms with Crippen LogP contribution in [-0.4, -0.2) is 26.8 Å². The molecule has 0 spiro atoms. The molecule has 0 bridgehead atoms. The lowest BCUT2D eigenvalue weighted by Crippen LogP contribution is -2.14. The third kappa shape index (κ3) is 4.09. The highest BCUT2D eigenvalue weighted by Gasteiger charge is 2.12. The number of amides is 1. The van der Waals surface area contributed by atoms with Crippen LogP contribution in [0, 0.1) is 5.82 Å². The van der Waals surface area contributed by atoms with Crippen molar-refractivity contribution in [3.8, 4) is 11.5 Å². The number of hydrogen-bond donors (Lipinski definition) is 1. The van der Waals surface area contributed by atoms with Gasteiger partial charge in [-0.25, -0.2) is 9.37 Å². The average Bonchev–Trinajstić information content (AvgIpc) is 3.05. The van der Waals surface area contributed by atoms with Crippen molar-refractivity contribution < 1.29 is 13.6 Å². The van der Waals surface area contributed by atoms with E-state index in [1.165, 1.54) is 30.5 Å². The lowest BCUT2D eigenvalue weighted by molar-refractivity contribution is -0.113. The first-order valence-corrected chi connectivity index (χ1v) is 8.11. The molecule has 2 heterocycles. The number of pyridine rings is 1. The van der Waals surface area contributed by atoms with E-state index in [0.717, 1.165) is 11.8 Å². The van der Waals surface area contributed by atoms with Gasteiger partial charge < -0.3 is 9.73 Å². The van der Waals surface area contributed by atoms with Crippen LogP contribution in [0.3, 0.4) is 0 Å². The number of benzene rings is 1. The molecular formula is C15H10ClFN4O2S. The summed E-state index contributed by atoms with van der Waals surface area (Å²) in [6.07, 6.45) is 1.53. The SMILES string of the molecule is O=C(CSc1nnc(-c2ccc(F)cc2)o1)Nc1cccnc1Cl. The summed E-state index contributed by atoms with van der Waals surface area (Å²) in [6.45, 7) is 0. The Balaban J connectivity index is 1.58. The van der Waals surface area contributed by atoms with E-state index in [4.69, 9.17) is 16.0 Å². The van der Waals surface area contributed by atoms with Crippen molar-refractivity contribution >= 4 is 35.0 Å². The number of anilines is 1. The number of rotatable bonds is 5. The minimum atomic E-state index is -0.349. The molecule has 0 saturated carbocycles. The van der Waals surface area contributed by atoms with Gasteiger partial charge in [-0.15, -0.1) is 10.2 Å². The average molecular weight is 365 g/mol. The molecule has 0 saturated heterocycles. The van der Waals surface area contributed by atoms with Gasteiger partial charge in [0.1, 0.15) is 5.82 Å². The largest absolute Gasteiger partial charge is 0.411 e. The fraction of sp³-hybridized carbons (Fsp3) is 0.0667. The zero-order valence-corrected chi connectivity index (χ0v) is 13.6. The number of thioether (sulfide) groups is 1. The molecule has 9 heteroatoms. The van der Waals surface area contributed by atoms with E-state index in [2.05, 4.69) is 20.5 Å². The smallest absolute Gasteiger partial charge is 0.277 e. The first-order valence-electron chi connectivity index (χ1n) is 6.74. The minimum Gasteiger partial charge on any atom is -0.411 e. The summed E-state index contributed by atoms with van der Waals surface area (Å²) in [5.74, 6) is -0.306. The van der Waals surface area contributed by atoms with Gasteiger partial charge in [0.25, 0.3) is 5.22 Å². The summed E-state index contributed by atoms with van der Waals surface area (Å²) in [7, 11) is 0. The van der Waals surface area contributed by atoms with Crippen molar-refractivity contribution in [2.75, 3.05) is 11.1 Å². The van der Waals surface area contributed by atoms with Gasteiger partial charge in [0, 0.05) is 11.8 Å². The van der Waals surface area contributed by atoms with Gasteiger partial charge in [-0.1, -0.05) is 23.4 Å². The monoisotopic (exact) mass is 364 g/mol. The van der Waals surface area contributed by atoms with E-state index >= 15 is 0 Å². The van der Waals surface area contributed by atoms with Crippen molar-refractivity contribution in [1.29, 1.82) is 0 Å². The van der Waals surface area contributed by atoms with E-state index in [1.54, 1.807) is 12.1 Å². The Hall–Kier alpha value is -2.45. The Morgan fingerprint density at radius 2 is 2.04 bits per heavy atom. The summed E-state index contributed by atoms with van der Waals surface area (Å²) in [5.41, 5.74) is 1.03. The summed E-state index contributed by atoms with van der Waals surface area (Å²) >= 11 is 6.95. The first-order chi connectivity index (χ1) is 11.6. The third-order valence-electron chi connectivity index (χ3n) is 2.86. The number of hydrogen-bond acceptors (Lipinski definition) is 6. The fourth-order valence-corrected chi connectivity index (χ4v) is 2.50. The Morgan fingerprint density at radius 1 is 1.25 bits per heavy atom. The summed E-state index contributed by atoms with van der Waals surface area (Å²) in [4.78, 5) is 15.8. The Kier molecular flexibility index (Phi) is 5.07. The molecule has 1 aromatic carbocycles. The Morgan fingerprint density at radius 3 is 2.79 bits per heavy atom. The van der Waals surface area contributed by atoms with Gasteiger partial charge in [0.15, 0.2) is 5.15 Å². The van der Waals surface area contributed by atoms with Gasteiger partial charge in [-0.05, 0) is 36.4 Å². The molecule has 0 radical (unpaired) electrons. The predicted octanol–water partition coefficient (Wildman–Crippen LogP) is 3.65. The maximum Gasteiger partial charge on any atom is 0.277 e. The van der Waals surface area contributed by atoms with E-state index in [9.17, 15) is 9.18 Å². The van der Waals surface area contributed by atoms with Crippen LogP contribution in [0.25, 0.3) is 11.5 Å². The van der Waals surface area contributed by atoms with Crippen LogP contribution >= 0.6 is 23.4 Å². The van der Waals surface area contributed by atoms with Crippen molar-refractivity contribution in [1.82, 2.24) is 15.2 Å². The Labute approximate surface area is 145 Å². The van der Waals surface area contributed by atoms with Gasteiger partial charge in [0.2, 0.25) is 11.8 Å². The molecule has 0 fully saturated rings. The maximum absolute atomic E-state index is 12.9. The zero-order valence-electron chi connectivity index (χ0n) is 12.1. The topological polar surface area (TPSA) is 80.9 Å². The normalized spacial score (nSPS) is 10.6. The third-order valence-corrected chi connectivity index (χ3v) is 3.98. The highest BCUT2D eigenvalue weighted by atomic mass is 35.5. The zero-order chi connectivity index (χ0) is 16.9. The van der Waals surface area contributed by atoms with Crippen LogP contribution in [0.15, 0.2) is 52.2 Å². The van der Waals surface area contributed by atoms with Gasteiger partial charge in [0.05, 0.1) is 11.4 Å². The van der Waals surface area contributed by atoms with Crippen LogP contribution < -0.4 is 5.32 Å². The predicted molar refractivity (Wildman–Crippen MR) is 88.3 cm³/mol. The molecule has 2 aromatic heterocycles. The highest BCUT2D eigenvalue weighted by molar-refractivity contribution is 7.99. The van der Waals surface area contributed by atoms with Gasteiger partial charge >= 0.3 is 0 Å². The van der Waals surface area contributed by atoms with Crippen molar-refractivity contribution in [3.05, 3.63) is 53.6 Å². The number of carbonyl (C=O) groups is 1. The van der Waals surface area contributed by atoms with Crippen molar-refractivity contribution in [2.45, 2.75) is 5.22 Å². The van der Waals surface area contributed by atoms with Crippen LogP contribution in [0.1, 0.15) is 0 Å². The van der Waals surface area contributed by atoms with Crippen molar-refractivity contribution in [3.63, 3.8) is 0 Å². The molecule has 24 heavy (non-hydrogen) atoms. The van der Waals surface area contributed by atoms with E-state index < -0.39 is 0 Å². The van der Waals surface area contributed by atoms with E-state index in [1.807, 2.05) is 0 Å². The molecule has 0 aliphatic heterocycles. The molecule has 0 aliphatic carbocycles. The molecule has 3 aromatic rings. The second-order valence-corrected chi connectivity index (χ2v) is 5.84. The first kappa shape index (κ1) is 16.4. The molecule has 0 aliphatic rings. The molecule has 0 unspecified atom stereocenters. The Bertz CT molecular complexity index is 857. The second kappa shape index (κ2) is 7.41. The number of aromatic nitrogens is 3. The highest BCUT2D eigenvalue weighted by Crippen LogP contribution is 2.24. The molecular weight excluding hydrogens is 355 g/mol. The lowest BCUT2D eigenvalue weighted by atomic mass is 10.2. The summed E-state index contributed by atoms with van der Waals surface area (Å²) in [5, 5.41) is 10.8. The quantitative estimate of drug-likeness (QED) is 0.549. The molecule has 1 amide bonds. The molecule has 6 nitrogen and oxygen atoms in total.